The molecule has 328 valence electrons. The molecule has 1 aliphatic carbocycles. The van der Waals surface area contributed by atoms with Gasteiger partial charge in [0.15, 0.2) is 6.10 Å². The van der Waals surface area contributed by atoms with Crippen molar-refractivity contribution in [3.63, 3.8) is 0 Å². The van der Waals surface area contributed by atoms with E-state index >= 15 is 0 Å². The molecular weight excluding hydrogens is 743 g/mol. The zero-order chi connectivity index (χ0) is 41.4. The van der Waals surface area contributed by atoms with Gasteiger partial charge in [-0.05, 0) is 51.4 Å². The summed E-state index contributed by atoms with van der Waals surface area (Å²) >= 11 is 0. The van der Waals surface area contributed by atoms with Crippen LogP contribution in [0.4, 0.5) is 0 Å². The van der Waals surface area contributed by atoms with Gasteiger partial charge >= 0.3 is 19.8 Å². The number of esters is 2. The number of unbranched alkanes of at least 4 members (excludes halogenated alkanes) is 19. The maximum atomic E-state index is 12.8. The van der Waals surface area contributed by atoms with Crippen LogP contribution >= 0.6 is 7.82 Å². The first-order valence-electron chi connectivity index (χ1n) is 21.6. The lowest BCUT2D eigenvalue weighted by atomic mass is 9.85. The molecule has 14 heteroatoms. The van der Waals surface area contributed by atoms with E-state index in [0.717, 1.165) is 51.4 Å². The van der Waals surface area contributed by atoms with Gasteiger partial charge in [-0.25, -0.2) is 4.57 Å². The molecular formula is C42H77O13P. The van der Waals surface area contributed by atoms with Gasteiger partial charge in [0.1, 0.15) is 43.2 Å². The minimum absolute atomic E-state index is 0.0136. The van der Waals surface area contributed by atoms with Gasteiger partial charge in [-0.2, -0.15) is 0 Å². The van der Waals surface area contributed by atoms with Gasteiger partial charge in [0.25, 0.3) is 0 Å². The van der Waals surface area contributed by atoms with E-state index in [4.69, 9.17) is 18.5 Å². The summed E-state index contributed by atoms with van der Waals surface area (Å²) in [7, 11) is -5.12. The van der Waals surface area contributed by atoms with Crippen molar-refractivity contribution in [2.45, 2.75) is 217 Å². The normalized spacial score (nSPS) is 23.1. The van der Waals surface area contributed by atoms with Crippen LogP contribution in [0.25, 0.3) is 0 Å². The Bertz CT molecular complexity index is 1090. The van der Waals surface area contributed by atoms with E-state index in [1.807, 2.05) is 12.2 Å². The second kappa shape index (κ2) is 33.2. The molecule has 6 N–H and O–H groups in total. The third kappa shape index (κ3) is 25.6. The summed E-state index contributed by atoms with van der Waals surface area (Å²) in [6.45, 7) is 3.22. The van der Waals surface area contributed by atoms with Crippen molar-refractivity contribution in [3.8, 4) is 0 Å². The van der Waals surface area contributed by atoms with E-state index in [0.29, 0.717) is 12.8 Å². The van der Waals surface area contributed by atoms with E-state index in [2.05, 4.69) is 26.0 Å². The molecule has 0 aromatic carbocycles. The molecule has 0 aliphatic heterocycles. The average Bonchev–Trinajstić information content (AvgIpc) is 3.18. The molecule has 56 heavy (non-hydrogen) atoms. The fourth-order valence-electron chi connectivity index (χ4n) is 6.48. The second-order valence-electron chi connectivity index (χ2n) is 15.2. The van der Waals surface area contributed by atoms with Crippen LogP contribution in [0.3, 0.4) is 0 Å². The van der Waals surface area contributed by atoms with Crippen LogP contribution in [-0.4, -0.2) is 98.3 Å². The van der Waals surface area contributed by atoms with Gasteiger partial charge in [-0.15, -0.1) is 0 Å². The summed E-state index contributed by atoms with van der Waals surface area (Å²) in [6, 6.07) is 0. The monoisotopic (exact) mass is 821 g/mol. The Kier molecular flexibility index (Phi) is 31.0. The Labute approximate surface area is 336 Å². The number of ether oxygens (including phenoxy) is 2. The molecule has 0 heterocycles. The lowest BCUT2D eigenvalue weighted by Crippen LogP contribution is -2.64. The van der Waals surface area contributed by atoms with Gasteiger partial charge < -0.3 is 39.9 Å². The van der Waals surface area contributed by atoms with Gasteiger partial charge in [0.05, 0.1) is 6.61 Å². The summed E-state index contributed by atoms with van der Waals surface area (Å²) in [5.74, 6) is -1.17. The Morgan fingerprint density at radius 1 is 0.536 bits per heavy atom. The molecule has 13 nitrogen and oxygen atoms in total. The van der Waals surface area contributed by atoms with Crippen molar-refractivity contribution in [2.75, 3.05) is 13.2 Å². The minimum atomic E-state index is -5.12. The largest absolute Gasteiger partial charge is 0.472 e. The number of hydrogen-bond donors (Lipinski definition) is 6. The molecule has 0 spiro atoms. The third-order valence-corrected chi connectivity index (χ3v) is 11.0. The van der Waals surface area contributed by atoms with E-state index in [1.165, 1.54) is 83.5 Å². The van der Waals surface area contributed by atoms with Gasteiger partial charge in [0, 0.05) is 12.8 Å². The third-order valence-electron chi connectivity index (χ3n) is 10.0. The summed E-state index contributed by atoms with van der Waals surface area (Å²) in [4.78, 5) is 35.5. The average molecular weight is 821 g/mol. The molecule has 0 amide bonds. The Balaban J connectivity index is 2.52. The second-order valence-corrected chi connectivity index (χ2v) is 16.6. The predicted octanol–water partition coefficient (Wildman–Crippen LogP) is 7.67. The molecule has 6 unspecified atom stereocenters. The van der Waals surface area contributed by atoms with E-state index in [1.54, 1.807) is 0 Å². The number of carbonyl (C=O) groups excluding carboxylic acids is 2. The topological polar surface area (TPSA) is 210 Å². The first-order chi connectivity index (χ1) is 26.9. The molecule has 1 rings (SSSR count). The quantitative estimate of drug-likeness (QED) is 0.0157. The first-order valence-corrected chi connectivity index (χ1v) is 23.1. The van der Waals surface area contributed by atoms with Crippen LogP contribution in [-0.2, 0) is 32.7 Å². The SMILES string of the molecule is CCCCC/C=C/CCCCCCCC(=O)OC[C@H](COP(=O)(O)OC1C(O)C(O)C(O)[C@H](O)C1O)OC(=O)CC/C=C/CCCCCCCCCCCCC. The summed E-state index contributed by atoms with van der Waals surface area (Å²) in [5.41, 5.74) is 0. The highest BCUT2D eigenvalue weighted by Gasteiger charge is 2.51. The number of aliphatic hydroxyl groups is 5. The van der Waals surface area contributed by atoms with E-state index in [9.17, 15) is 44.6 Å². The number of aliphatic hydroxyl groups excluding tert-OH is 5. The number of carbonyl (C=O) groups is 2. The van der Waals surface area contributed by atoms with Crippen LogP contribution in [0, 0.1) is 0 Å². The standard InChI is InChI=1S/C42H77O13P/c1-3-5-7-9-11-13-15-17-18-19-21-23-25-27-29-31-36(44)54-34(32-52-35(43)30-28-26-24-22-20-16-14-12-10-8-6-4-2)33-53-56(50,51)55-42-40(48)38(46)37(45)39(47)41(42)49/h12,14,25,27,34,37-42,45-49H,3-11,13,15-24,26,28-33H2,1-2H3,(H,50,51)/b14-12+,27-25+/t34-,37?,38+,39?,40?,41?,42?/m1/s1. The number of phosphoric acid groups is 1. The summed E-state index contributed by atoms with van der Waals surface area (Å²) < 4.78 is 33.4. The zero-order valence-corrected chi connectivity index (χ0v) is 35.3. The Morgan fingerprint density at radius 2 is 0.946 bits per heavy atom. The van der Waals surface area contributed by atoms with Crippen LogP contribution in [0.2, 0.25) is 0 Å². The van der Waals surface area contributed by atoms with Crippen molar-refractivity contribution >= 4 is 19.8 Å². The van der Waals surface area contributed by atoms with Crippen molar-refractivity contribution in [3.05, 3.63) is 24.3 Å². The number of hydrogen-bond acceptors (Lipinski definition) is 12. The smallest absolute Gasteiger partial charge is 0.462 e. The molecule has 0 saturated heterocycles. The van der Waals surface area contributed by atoms with Crippen molar-refractivity contribution < 1.29 is 63.1 Å². The van der Waals surface area contributed by atoms with Gasteiger partial charge in [-0.1, -0.05) is 134 Å². The maximum Gasteiger partial charge on any atom is 0.472 e. The number of phosphoric ester groups is 1. The van der Waals surface area contributed by atoms with Gasteiger partial charge in [0.2, 0.25) is 0 Å². The summed E-state index contributed by atoms with van der Waals surface area (Å²) in [6.07, 6.45) is 21.1. The predicted molar refractivity (Wildman–Crippen MR) is 217 cm³/mol. The van der Waals surface area contributed by atoms with Crippen LogP contribution < -0.4 is 0 Å². The highest BCUT2D eigenvalue weighted by atomic mass is 31.2. The molecule has 8 atom stereocenters. The van der Waals surface area contributed by atoms with Gasteiger partial charge in [-0.3, -0.25) is 18.6 Å². The van der Waals surface area contributed by atoms with Crippen molar-refractivity contribution in [1.29, 1.82) is 0 Å². The maximum absolute atomic E-state index is 12.8. The lowest BCUT2D eigenvalue weighted by molar-refractivity contribution is -0.220. The fourth-order valence-corrected chi connectivity index (χ4v) is 7.45. The van der Waals surface area contributed by atoms with Crippen LogP contribution in [0.5, 0.6) is 0 Å². The Hall–Kier alpha value is -1.67. The molecule has 1 fully saturated rings. The van der Waals surface area contributed by atoms with E-state index < -0.39 is 75.7 Å². The summed E-state index contributed by atoms with van der Waals surface area (Å²) in [5, 5.41) is 50.0. The first kappa shape index (κ1) is 52.3. The highest BCUT2D eigenvalue weighted by molar-refractivity contribution is 7.47. The fraction of sp³-hybridized carbons (Fsp3) is 0.857. The van der Waals surface area contributed by atoms with E-state index in [-0.39, 0.29) is 12.8 Å². The van der Waals surface area contributed by atoms with Crippen LogP contribution in [0.15, 0.2) is 24.3 Å². The molecule has 0 aromatic heterocycles. The molecule has 1 aliphatic rings. The molecule has 0 bridgehead atoms. The Morgan fingerprint density at radius 3 is 1.46 bits per heavy atom. The highest BCUT2D eigenvalue weighted by Crippen LogP contribution is 2.47. The van der Waals surface area contributed by atoms with Crippen molar-refractivity contribution in [1.82, 2.24) is 0 Å². The molecule has 0 radical (unpaired) electrons. The van der Waals surface area contributed by atoms with Crippen LogP contribution in [0.1, 0.15) is 174 Å². The zero-order valence-electron chi connectivity index (χ0n) is 34.4. The molecule has 1 saturated carbocycles. The lowest BCUT2D eigenvalue weighted by Gasteiger charge is -2.41. The number of rotatable bonds is 35. The minimum Gasteiger partial charge on any atom is -0.462 e. The molecule has 0 aromatic rings. The number of allylic oxidation sites excluding steroid dienone is 4. The van der Waals surface area contributed by atoms with Crippen molar-refractivity contribution in [2.24, 2.45) is 0 Å².